The summed E-state index contributed by atoms with van der Waals surface area (Å²) in [4.78, 5) is 4.62. The van der Waals surface area contributed by atoms with E-state index in [4.69, 9.17) is 13.9 Å². The van der Waals surface area contributed by atoms with Crippen molar-refractivity contribution >= 4 is 0 Å². The fourth-order valence-electron chi connectivity index (χ4n) is 4.11. The first-order chi connectivity index (χ1) is 12.3. The molecule has 1 atom stereocenters. The van der Waals surface area contributed by atoms with E-state index in [1.165, 1.54) is 25.7 Å². The molecule has 5 nitrogen and oxygen atoms in total. The largest absolute Gasteiger partial charge is 0.494 e. The van der Waals surface area contributed by atoms with Gasteiger partial charge in [-0.2, -0.15) is 0 Å². The summed E-state index contributed by atoms with van der Waals surface area (Å²) < 4.78 is 17.2. The predicted octanol–water partition coefficient (Wildman–Crippen LogP) is 3.93. The van der Waals surface area contributed by atoms with E-state index >= 15 is 0 Å². The maximum absolute atomic E-state index is 6.09. The first-order valence-corrected chi connectivity index (χ1v) is 9.34. The molecule has 2 aliphatic rings. The van der Waals surface area contributed by atoms with Gasteiger partial charge in [-0.25, -0.2) is 4.98 Å². The molecule has 1 aliphatic heterocycles. The molecule has 1 aromatic heterocycles. The van der Waals surface area contributed by atoms with Gasteiger partial charge in [-0.3, -0.25) is 0 Å². The Morgan fingerprint density at radius 3 is 2.80 bits per heavy atom. The van der Waals surface area contributed by atoms with E-state index in [9.17, 15) is 0 Å². The molecule has 1 saturated carbocycles. The van der Waals surface area contributed by atoms with Gasteiger partial charge in [0.05, 0.1) is 17.9 Å². The average Bonchev–Trinajstić information content (AvgIpc) is 3.37. The fourth-order valence-corrected chi connectivity index (χ4v) is 4.11. The Morgan fingerprint density at radius 2 is 2.04 bits per heavy atom. The molecular weight excluding hydrogens is 316 g/mol. The van der Waals surface area contributed by atoms with E-state index in [0.717, 1.165) is 36.6 Å². The van der Waals surface area contributed by atoms with Crippen molar-refractivity contribution < 1.29 is 13.9 Å². The summed E-state index contributed by atoms with van der Waals surface area (Å²) in [5.74, 6) is 1.51. The number of aromatic nitrogens is 1. The Bertz CT molecular complexity index is 684. The van der Waals surface area contributed by atoms with Crippen LogP contribution in [0.1, 0.15) is 44.7 Å². The minimum atomic E-state index is 0.0711. The van der Waals surface area contributed by atoms with Gasteiger partial charge in [-0.15, -0.1) is 0 Å². The van der Waals surface area contributed by atoms with Crippen LogP contribution in [0.4, 0.5) is 0 Å². The zero-order valence-corrected chi connectivity index (χ0v) is 14.8. The Morgan fingerprint density at radius 1 is 1.24 bits per heavy atom. The number of oxazole rings is 1. The fraction of sp³-hybridized carbons (Fsp3) is 0.550. The molecule has 25 heavy (non-hydrogen) atoms. The van der Waals surface area contributed by atoms with E-state index in [1.54, 1.807) is 6.26 Å². The highest BCUT2D eigenvalue weighted by atomic mass is 16.5. The number of nitrogens with zero attached hydrogens (tertiary/aromatic N) is 1. The monoisotopic (exact) mass is 342 g/mol. The van der Waals surface area contributed by atoms with Gasteiger partial charge >= 0.3 is 0 Å². The van der Waals surface area contributed by atoms with Crippen LogP contribution in [0.15, 0.2) is 34.9 Å². The van der Waals surface area contributed by atoms with E-state index in [-0.39, 0.29) is 5.60 Å². The van der Waals surface area contributed by atoms with Crippen LogP contribution in [0.2, 0.25) is 0 Å². The molecule has 4 rings (SSSR count). The number of rotatable bonds is 6. The van der Waals surface area contributed by atoms with Crippen molar-refractivity contribution in [3.63, 3.8) is 0 Å². The highest BCUT2D eigenvalue weighted by Gasteiger charge is 2.45. The molecule has 2 fully saturated rings. The van der Waals surface area contributed by atoms with Crippen molar-refractivity contribution in [1.82, 2.24) is 10.3 Å². The van der Waals surface area contributed by atoms with Crippen molar-refractivity contribution in [2.24, 2.45) is 0 Å². The average molecular weight is 342 g/mol. The number of nitrogens with one attached hydrogen (secondary N) is 1. The van der Waals surface area contributed by atoms with Crippen LogP contribution in [0.5, 0.6) is 5.75 Å². The van der Waals surface area contributed by atoms with Crippen molar-refractivity contribution in [1.29, 1.82) is 0 Å². The first kappa shape index (κ1) is 16.6. The Kier molecular flexibility index (Phi) is 4.77. The lowest BCUT2D eigenvalue weighted by Gasteiger charge is -2.30. The second-order valence-electron chi connectivity index (χ2n) is 6.94. The second-order valence-corrected chi connectivity index (χ2v) is 6.94. The third kappa shape index (κ3) is 3.44. The lowest BCUT2D eigenvalue weighted by Crippen LogP contribution is -2.45. The Hall–Kier alpha value is -1.85. The SMILES string of the molecule is CCOc1ccc(-c2nc(CNC3CCOC34CCCC4)co2)cc1. The highest BCUT2D eigenvalue weighted by molar-refractivity contribution is 5.54. The predicted molar refractivity (Wildman–Crippen MR) is 95.5 cm³/mol. The van der Waals surface area contributed by atoms with Gasteiger partial charge in [-0.1, -0.05) is 12.8 Å². The van der Waals surface area contributed by atoms with Crippen LogP contribution in [0.25, 0.3) is 11.5 Å². The molecule has 1 saturated heterocycles. The summed E-state index contributed by atoms with van der Waals surface area (Å²) in [6.07, 6.45) is 7.76. The molecule has 1 aromatic carbocycles. The van der Waals surface area contributed by atoms with Crippen molar-refractivity contribution in [2.45, 2.75) is 57.2 Å². The van der Waals surface area contributed by atoms with Gasteiger partial charge < -0.3 is 19.2 Å². The summed E-state index contributed by atoms with van der Waals surface area (Å²) in [7, 11) is 0. The first-order valence-electron chi connectivity index (χ1n) is 9.34. The summed E-state index contributed by atoms with van der Waals surface area (Å²) in [5.41, 5.74) is 1.97. The molecule has 2 aromatic rings. The minimum absolute atomic E-state index is 0.0711. The zero-order valence-electron chi connectivity index (χ0n) is 14.8. The molecule has 0 radical (unpaired) electrons. The van der Waals surface area contributed by atoms with Gasteiger partial charge in [0.25, 0.3) is 0 Å². The summed E-state index contributed by atoms with van der Waals surface area (Å²) in [6.45, 7) is 4.23. The molecule has 0 amide bonds. The van der Waals surface area contributed by atoms with E-state index in [1.807, 2.05) is 31.2 Å². The van der Waals surface area contributed by atoms with Crippen molar-refractivity contribution in [3.8, 4) is 17.2 Å². The van der Waals surface area contributed by atoms with Crippen molar-refractivity contribution in [2.75, 3.05) is 13.2 Å². The standard InChI is InChI=1S/C20H26N2O3/c1-2-23-17-7-5-15(6-8-17)19-22-16(14-24-19)13-21-18-9-12-25-20(18)10-3-4-11-20/h5-8,14,18,21H,2-4,9-13H2,1H3. The normalized spacial score (nSPS) is 21.9. The lowest BCUT2D eigenvalue weighted by atomic mass is 9.92. The summed E-state index contributed by atoms with van der Waals surface area (Å²) in [6, 6.07) is 8.28. The lowest BCUT2D eigenvalue weighted by molar-refractivity contribution is -0.00489. The zero-order chi connectivity index (χ0) is 17.1. The third-order valence-electron chi connectivity index (χ3n) is 5.37. The van der Waals surface area contributed by atoms with E-state index < -0.39 is 0 Å². The smallest absolute Gasteiger partial charge is 0.226 e. The topological polar surface area (TPSA) is 56.5 Å². The van der Waals surface area contributed by atoms with Crippen LogP contribution in [0.3, 0.4) is 0 Å². The molecule has 1 spiro atoms. The Balaban J connectivity index is 1.38. The molecular formula is C20H26N2O3. The van der Waals surface area contributed by atoms with Crippen LogP contribution in [-0.2, 0) is 11.3 Å². The molecule has 1 aliphatic carbocycles. The molecule has 1 N–H and O–H groups in total. The van der Waals surface area contributed by atoms with Gasteiger partial charge in [0.15, 0.2) is 0 Å². The summed E-state index contributed by atoms with van der Waals surface area (Å²) >= 11 is 0. The third-order valence-corrected chi connectivity index (χ3v) is 5.37. The quantitative estimate of drug-likeness (QED) is 0.862. The van der Waals surface area contributed by atoms with Crippen LogP contribution >= 0.6 is 0 Å². The highest BCUT2D eigenvalue weighted by Crippen LogP contribution is 2.41. The van der Waals surface area contributed by atoms with Gasteiger partial charge in [0.2, 0.25) is 5.89 Å². The molecule has 1 unspecified atom stereocenters. The number of hydrogen-bond acceptors (Lipinski definition) is 5. The van der Waals surface area contributed by atoms with Gasteiger partial charge in [-0.05, 0) is 50.5 Å². The van der Waals surface area contributed by atoms with Crippen LogP contribution in [0, 0.1) is 0 Å². The number of benzene rings is 1. The molecule has 0 bridgehead atoms. The Labute approximate surface area is 148 Å². The van der Waals surface area contributed by atoms with Crippen LogP contribution < -0.4 is 10.1 Å². The maximum atomic E-state index is 6.09. The van der Waals surface area contributed by atoms with Crippen molar-refractivity contribution in [3.05, 3.63) is 36.2 Å². The van der Waals surface area contributed by atoms with E-state index in [2.05, 4.69) is 10.3 Å². The molecule has 2 heterocycles. The minimum Gasteiger partial charge on any atom is -0.494 e. The molecule has 5 heteroatoms. The van der Waals surface area contributed by atoms with E-state index in [0.29, 0.717) is 18.5 Å². The van der Waals surface area contributed by atoms with Crippen LogP contribution in [-0.4, -0.2) is 29.8 Å². The summed E-state index contributed by atoms with van der Waals surface area (Å²) in [5, 5.41) is 3.65. The molecule has 134 valence electrons. The second kappa shape index (κ2) is 7.18. The number of ether oxygens (including phenoxy) is 2. The number of hydrogen-bond donors (Lipinski definition) is 1. The van der Waals surface area contributed by atoms with Gasteiger partial charge in [0.1, 0.15) is 12.0 Å². The van der Waals surface area contributed by atoms with Gasteiger partial charge in [0, 0.05) is 24.8 Å². The maximum Gasteiger partial charge on any atom is 0.226 e.